The molecule has 0 spiro atoms. The fourth-order valence-corrected chi connectivity index (χ4v) is 2.17. The number of rotatable bonds is 4. The molecule has 1 atom stereocenters. The van der Waals surface area contributed by atoms with E-state index in [1.165, 1.54) is 0 Å². The van der Waals surface area contributed by atoms with E-state index in [4.69, 9.17) is 47.0 Å². The Kier molecular flexibility index (Phi) is 6.52. The molecule has 0 bridgehead atoms. The third-order valence-electron chi connectivity index (χ3n) is 2.62. The van der Waals surface area contributed by atoms with E-state index in [2.05, 4.69) is 10.6 Å². The normalized spacial score (nSPS) is 12.7. The predicted molar refractivity (Wildman–Crippen MR) is 88.5 cm³/mol. The van der Waals surface area contributed by atoms with E-state index in [1.807, 2.05) is 31.2 Å². The lowest BCUT2D eigenvalue weighted by atomic mass is 10.1. The maximum Gasteiger partial charge on any atom is 0.228 e. The summed E-state index contributed by atoms with van der Waals surface area (Å²) < 4.78 is -1.71. The van der Waals surface area contributed by atoms with E-state index >= 15 is 0 Å². The highest BCUT2D eigenvalue weighted by Crippen LogP contribution is 2.29. The van der Waals surface area contributed by atoms with Gasteiger partial charge in [0.2, 0.25) is 9.70 Å². The van der Waals surface area contributed by atoms with Gasteiger partial charge in [0.15, 0.2) is 0 Å². The Bertz CT molecular complexity index is 503. The average Bonchev–Trinajstić information content (AvgIpc) is 2.37. The van der Waals surface area contributed by atoms with Crippen molar-refractivity contribution in [3.05, 3.63) is 35.4 Å². The summed E-state index contributed by atoms with van der Waals surface area (Å²) >= 11 is 22.9. The number of alkyl halides is 3. The van der Waals surface area contributed by atoms with Crippen LogP contribution in [0, 0.1) is 6.92 Å². The second kappa shape index (κ2) is 7.46. The Morgan fingerprint density at radius 1 is 1.30 bits per heavy atom. The van der Waals surface area contributed by atoms with Crippen LogP contribution >= 0.6 is 47.0 Å². The van der Waals surface area contributed by atoms with Crippen LogP contribution in [0.25, 0.3) is 0 Å². The molecule has 0 aliphatic heterocycles. The molecule has 1 rings (SSSR count). The second-order valence-corrected chi connectivity index (χ2v) is 6.96. The van der Waals surface area contributed by atoms with Gasteiger partial charge in [0.25, 0.3) is 0 Å². The van der Waals surface area contributed by atoms with Crippen LogP contribution in [-0.4, -0.2) is 20.9 Å². The molecule has 0 saturated carbocycles. The van der Waals surface area contributed by atoms with Gasteiger partial charge in [-0.05, 0) is 12.5 Å². The molecule has 0 aromatic heterocycles. The number of amides is 1. The van der Waals surface area contributed by atoms with Crippen LogP contribution in [0.5, 0.6) is 0 Å². The second-order valence-electron chi connectivity index (χ2n) is 4.18. The van der Waals surface area contributed by atoms with Crippen molar-refractivity contribution in [2.75, 3.05) is 0 Å². The van der Waals surface area contributed by atoms with Gasteiger partial charge in [-0.15, -0.1) is 0 Å². The molecule has 110 valence electrons. The zero-order valence-corrected chi connectivity index (χ0v) is 14.1. The van der Waals surface area contributed by atoms with Crippen molar-refractivity contribution in [1.82, 2.24) is 10.6 Å². The summed E-state index contributed by atoms with van der Waals surface area (Å²) in [5.41, 5.74) is 1.82. The molecule has 3 nitrogen and oxygen atoms in total. The molecule has 1 amide bonds. The van der Waals surface area contributed by atoms with E-state index in [9.17, 15) is 4.79 Å². The zero-order chi connectivity index (χ0) is 15.3. The Labute approximate surface area is 139 Å². The molecule has 7 heteroatoms. The molecule has 0 saturated heterocycles. The van der Waals surface area contributed by atoms with Crippen molar-refractivity contribution in [2.24, 2.45) is 0 Å². The van der Waals surface area contributed by atoms with Crippen LogP contribution in [0.4, 0.5) is 0 Å². The van der Waals surface area contributed by atoms with E-state index in [-0.39, 0.29) is 12.3 Å². The smallest absolute Gasteiger partial charge is 0.228 e. The van der Waals surface area contributed by atoms with Gasteiger partial charge in [0.1, 0.15) is 11.2 Å². The van der Waals surface area contributed by atoms with Crippen molar-refractivity contribution < 1.29 is 4.79 Å². The van der Waals surface area contributed by atoms with Gasteiger partial charge >= 0.3 is 0 Å². The number of carbonyl (C=O) groups excluding carboxylic acids is 1. The molecule has 20 heavy (non-hydrogen) atoms. The Morgan fingerprint density at radius 2 is 1.90 bits per heavy atom. The SMILES string of the molecule is CCC(=O)N[C@H](NC(=S)c1ccccc1C)C(Cl)(Cl)Cl. The molecule has 0 aliphatic rings. The summed E-state index contributed by atoms with van der Waals surface area (Å²) in [6.45, 7) is 3.64. The first-order valence-corrected chi connectivity index (χ1v) is 7.52. The first kappa shape index (κ1) is 17.5. The Morgan fingerprint density at radius 3 is 2.40 bits per heavy atom. The standard InChI is InChI=1S/C13H15Cl3N2OS/c1-3-10(19)17-12(13(14,15)16)18-11(20)9-7-5-4-6-8(9)2/h4-7,12H,3H2,1-2H3,(H,17,19)(H,18,20)/t12-/m1/s1. The summed E-state index contributed by atoms with van der Waals surface area (Å²) in [4.78, 5) is 11.9. The minimum absolute atomic E-state index is 0.235. The molecule has 1 aromatic rings. The fourth-order valence-electron chi connectivity index (χ4n) is 1.50. The number of halogens is 3. The third-order valence-corrected chi connectivity index (χ3v) is 3.61. The van der Waals surface area contributed by atoms with Gasteiger partial charge < -0.3 is 10.6 Å². The van der Waals surface area contributed by atoms with E-state index in [1.54, 1.807) is 6.92 Å². The fraction of sp³-hybridized carbons (Fsp3) is 0.385. The summed E-state index contributed by atoms with van der Waals surface area (Å²) in [5.74, 6) is -0.235. The van der Waals surface area contributed by atoms with Crippen LogP contribution < -0.4 is 10.6 Å². The lowest BCUT2D eigenvalue weighted by molar-refractivity contribution is -0.121. The van der Waals surface area contributed by atoms with E-state index in [0.717, 1.165) is 11.1 Å². The number of benzene rings is 1. The first-order chi connectivity index (χ1) is 9.25. The number of hydrogen-bond donors (Lipinski definition) is 2. The van der Waals surface area contributed by atoms with Gasteiger partial charge in [-0.3, -0.25) is 4.79 Å². The summed E-state index contributed by atoms with van der Waals surface area (Å²) in [5, 5.41) is 5.48. The molecular weight excluding hydrogens is 339 g/mol. The predicted octanol–water partition coefficient (Wildman–Crippen LogP) is 3.48. The average molecular weight is 354 g/mol. The Hall–Kier alpha value is -0.550. The zero-order valence-electron chi connectivity index (χ0n) is 11.0. The largest absolute Gasteiger partial charge is 0.352 e. The monoisotopic (exact) mass is 352 g/mol. The van der Waals surface area contributed by atoms with Crippen LogP contribution in [-0.2, 0) is 4.79 Å². The minimum Gasteiger partial charge on any atom is -0.352 e. The third kappa shape index (κ3) is 5.09. The summed E-state index contributed by atoms with van der Waals surface area (Å²) in [7, 11) is 0. The molecule has 0 fully saturated rings. The Balaban J connectivity index is 2.88. The van der Waals surface area contributed by atoms with Crippen molar-refractivity contribution in [3.8, 4) is 0 Å². The van der Waals surface area contributed by atoms with Crippen LogP contribution in [0.3, 0.4) is 0 Å². The van der Waals surface area contributed by atoms with Gasteiger partial charge in [-0.2, -0.15) is 0 Å². The highest BCUT2D eigenvalue weighted by atomic mass is 35.6. The highest BCUT2D eigenvalue weighted by Gasteiger charge is 2.34. The van der Waals surface area contributed by atoms with Gasteiger partial charge in [-0.1, -0.05) is 78.2 Å². The van der Waals surface area contributed by atoms with Gasteiger partial charge in [0, 0.05) is 12.0 Å². The van der Waals surface area contributed by atoms with Gasteiger partial charge in [-0.25, -0.2) is 0 Å². The van der Waals surface area contributed by atoms with Crippen LogP contribution in [0.2, 0.25) is 0 Å². The topological polar surface area (TPSA) is 41.1 Å². The summed E-state index contributed by atoms with van der Waals surface area (Å²) in [6.07, 6.45) is -0.608. The number of thiocarbonyl (C=S) groups is 1. The van der Waals surface area contributed by atoms with Crippen LogP contribution in [0.15, 0.2) is 24.3 Å². The molecule has 0 aliphatic carbocycles. The molecule has 1 aromatic carbocycles. The van der Waals surface area contributed by atoms with Crippen LogP contribution in [0.1, 0.15) is 24.5 Å². The van der Waals surface area contributed by atoms with Gasteiger partial charge in [0.05, 0.1) is 0 Å². The minimum atomic E-state index is -1.71. The van der Waals surface area contributed by atoms with Crippen molar-refractivity contribution in [1.29, 1.82) is 0 Å². The number of nitrogens with one attached hydrogen (secondary N) is 2. The molecule has 2 N–H and O–H groups in total. The van der Waals surface area contributed by atoms with Crippen molar-refractivity contribution in [3.63, 3.8) is 0 Å². The molecule has 0 unspecified atom stereocenters. The number of aryl methyl sites for hydroxylation is 1. The first-order valence-electron chi connectivity index (χ1n) is 5.98. The van der Waals surface area contributed by atoms with Crippen molar-refractivity contribution in [2.45, 2.75) is 30.2 Å². The van der Waals surface area contributed by atoms with Crippen molar-refractivity contribution >= 4 is 57.9 Å². The quantitative estimate of drug-likeness (QED) is 0.494. The number of carbonyl (C=O) groups is 1. The van der Waals surface area contributed by atoms with E-state index < -0.39 is 9.96 Å². The molecule has 0 heterocycles. The lowest BCUT2D eigenvalue weighted by Gasteiger charge is -2.27. The molecule has 0 radical (unpaired) electrons. The highest BCUT2D eigenvalue weighted by molar-refractivity contribution is 7.80. The lowest BCUT2D eigenvalue weighted by Crippen LogP contribution is -2.55. The van der Waals surface area contributed by atoms with E-state index in [0.29, 0.717) is 4.99 Å². The summed E-state index contributed by atoms with van der Waals surface area (Å²) in [6, 6.07) is 7.57. The molecular formula is C13H15Cl3N2OS. The maximum absolute atomic E-state index is 11.5. The number of hydrogen-bond acceptors (Lipinski definition) is 2. The maximum atomic E-state index is 11.5.